The van der Waals surface area contributed by atoms with Crippen LogP contribution in [0, 0.1) is 15.2 Å². The molecule has 190 valence electrons. The van der Waals surface area contributed by atoms with Gasteiger partial charge in [-0.2, -0.15) is 0 Å². The van der Waals surface area contributed by atoms with Gasteiger partial charge in [-0.15, -0.1) is 0 Å². The molecular weight excluding hydrogens is 599 g/mol. The average molecular weight is 623 g/mol. The third-order valence-corrected chi connectivity index (χ3v) is 8.23. The molecule has 1 aliphatic carbocycles. The van der Waals surface area contributed by atoms with Crippen molar-refractivity contribution in [3.8, 4) is 0 Å². The summed E-state index contributed by atoms with van der Waals surface area (Å²) in [5.41, 5.74) is -3.08. The maximum absolute atomic E-state index is 15.1. The molecular formula is C22H24F2IN3O6S. The normalized spacial score (nSPS) is 14.8. The van der Waals surface area contributed by atoms with Crippen molar-refractivity contribution in [1.82, 2.24) is 4.57 Å². The minimum Gasteiger partial charge on any atom is -0.443 e. The summed E-state index contributed by atoms with van der Waals surface area (Å²) >= 11 is 1.86. The molecule has 0 radical (unpaired) electrons. The molecule has 1 heterocycles. The Morgan fingerprint density at radius 2 is 1.89 bits per heavy atom. The molecule has 1 fully saturated rings. The quantitative estimate of drug-likeness (QED) is 0.366. The van der Waals surface area contributed by atoms with Crippen molar-refractivity contribution in [1.29, 1.82) is 0 Å². The van der Waals surface area contributed by atoms with Crippen molar-refractivity contribution in [2.45, 2.75) is 50.4 Å². The van der Waals surface area contributed by atoms with Crippen LogP contribution in [0.15, 0.2) is 29.1 Å². The van der Waals surface area contributed by atoms with Crippen LogP contribution in [0.3, 0.4) is 0 Å². The van der Waals surface area contributed by atoms with Crippen LogP contribution in [0.1, 0.15) is 40.0 Å². The van der Waals surface area contributed by atoms with Crippen LogP contribution in [0.4, 0.5) is 30.8 Å². The van der Waals surface area contributed by atoms with E-state index in [0.29, 0.717) is 25.4 Å². The fraction of sp³-hybridized carbons (Fsp3) is 0.409. The number of amides is 1. The molecule has 35 heavy (non-hydrogen) atoms. The first-order valence-electron chi connectivity index (χ1n) is 10.5. The Labute approximate surface area is 214 Å². The smallest absolute Gasteiger partial charge is 0.420 e. The van der Waals surface area contributed by atoms with Gasteiger partial charge in [0, 0.05) is 23.1 Å². The lowest BCUT2D eigenvalue weighted by Gasteiger charge is -2.30. The maximum atomic E-state index is 15.1. The standard InChI is InChI=1S/C22H24F2IN3O6S/c1-21(2,3)34-20(31)28(17-6-5-13(25)11-14(17)23)18-16(12-15(24)19(30)27(18)4)26-35(32,33)22(7-8-22)9-10-29/h5-6,10-12,26H,7-9H2,1-4H3. The second-order valence-electron chi connectivity index (χ2n) is 9.16. The van der Waals surface area contributed by atoms with Gasteiger partial charge in [0.15, 0.2) is 11.6 Å². The highest BCUT2D eigenvalue weighted by Crippen LogP contribution is 2.47. The summed E-state index contributed by atoms with van der Waals surface area (Å²) in [6.07, 6.45) is -0.539. The molecule has 1 amide bonds. The largest absolute Gasteiger partial charge is 0.443 e. The predicted molar refractivity (Wildman–Crippen MR) is 134 cm³/mol. The third kappa shape index (κ3) is 5.50. The Morgan fingerprint density at radius 3 is 2.40 bits per heavy atom. The molecule has 1 aliphatic rings. The summed E-state index contributed by atoms with van der Waals surface area (Å²) < 4.78 is 63.2. The van der Waals surface area contributed by atoms with Crippen LogP contribution in [0.25, 0.3) is 0 Å². The number of ether oxygens (including phenoxy) is 1. The number of halogens is 3. The number of carbonyl (C=O) groups excluding carboxylic acids is 2. The van der Waals surface area contributed by atoms with E-state index in [2.05, 4.69) is 4.72 Å². The molecule has 1 aromatic heterocycles. The summed E-state index contributed by atoms with van der Waals surface area (Å²) in [7, 11) is -3.15. The maximum Gasteiger partial charge on any atom is 0.420 e. The number of benzene rings is 1. The van der Waals surface area contributed by atoms with E-state index in [9.17, 15) is 27.2 Å². The van der Waals surface area contributed by atoms with E-state index in [1.165, 1.54) is 12.1 Å². The van der Waals surface area contributed by atoms with E-state index in [4.69, 9.17) is 4.74 Å². The molecule has 0 unspecified atom stereocenters. The first-order chi connectivity index (χ1) is 16.1. The first-order valence-corrected chi connectivity index (χ1v) is 13.0. The van der Waals surface area contributed by atoms with E-state index in [1.54, 1.807) is 20.8 Å². The highest BCUT2D eigenvalue weighted by atomic mass is 127. The zero-order valence-electron chi connectivity index (χ0n) is 19.4. The van der Waals surface area contributed by atoms with E-state index in [0.717, 1.165) is 13.1 Å². The Hall–Kier alpha value is -2.55. The minimum absolute atomic E-state index is 0.201. The number of aromatic nitrogens is 1. The predicted octanol–water partition coefficient (Wildman–Crippen LogP) is 4.20. The van der Waals surface area contributed by atoms with Gasteiger partial charge in [0.2, 0.25) is 10.0 Å². The number of nitrogens with zero attached hydrogens (tertiary/aromatic N) is 2. The van der Waals surface area contributed by atoms with E-state index < -0.39 is 55.2 Å². The summed E-state index contributed by atoms with van der Waals surface area (Å²) in [4.78, 5) is 37.5. The molecule has 0 saturated heterocycles. The molecule has 13 heteroatoms. The SMILES string of the molecule is Cn1c(N(C(=O)OC(C)(C)C)c2ccc(I)cc2F)c(NS(=O)(=O)C2(CC=O)CC2)cc(F)c1=O. The number of hydrogen-bond donors (Lipinski definition) is 1. The monoisotopic (exact) mass is 623 g/mol. The Bertz CT molecular complexity index is 1350. The molecule has 1 N–H and O–H groups in total. The highest BCUT2D eigenvalue weighted by Gasteiger charge is 2.54. The number of sulfonamides is 1. The number of nitrogens with one attached hydrogen (secondary N) is 1. The van der Waals surface area contributed by atoms with Gasteiger partial charge in [-0.25, -0.2) is 26.9 Å². The number of pyridine rings is 1. The van der Waals surface area contributed by atoms with Crippen molar-refractivity contribution >= 4 is 62.2 Å². The van der Waals surface area contributed by atoms with E-state index in [1.807, 2.05) is 22.6 Å². The van der Waals surface area contributed by atoms with Crippen LogP contribution >= 0.6 is 22.6 Å². The van der Waals surface area contributed by atoms with Crippen LogP contribution in [0.2, 0.25) is 0 Å². The highest BCUT2D eigenvalue weighted by molar-refractivity contribution is 14.1. The van der Waals surface area contributed by atoms with Gasteiger partial charge in [-0.05, 0) is 74.4 Å². The lowest BCUT2D eigenvalue weighted by atomic mass is 10.2. The fourth-order valence-electron chi connectivity index (χ4n) is 3.43. The van der Waals surface area contributed by atoms with Gasteiger partial charge in [0.1, 0.15) is 17.7 Å². The zero-order valence-corrected chi connectivity index (χ0v) is 22.4. The van der Waals surface area contributed by atoms with E-state index >= 15 is 4.39 Å². The zero-order chi connectivity index (χ0) is 26.3. The summed E-state index contributed by atoms with van der Waals surface area (Å²) in [6, 6.07) is 4.49. The number of rotatable bonds is 7. The second kappa shape index (κ2) is 9.48. The van der Waals surface area contributed by atoms with Crippen molar-refractivity contribution < 1.29 is 31.5 Å². The van der Waals surface area contributed by atoms with Crippen LogP contribution in [-0.4, -0.2) is 35.7 Å². The summed E-state index contributed by atoms with van der Waals surface area (Å²) in [5.74, 6) is -2.63. The molecule has 0 spiro atoms. The Kier molecular flexibility index (Phi) is 7.33. The fourth-order valence-corrected chi connectivity index (χ4v) is 5.47. The van der Waals surface area contributed by atoms with Crippen LogP contribution < -0.4 is 15.2 Å². The number of anilines is 3. The van der Waals surface area contributed by atoms with Gasteiger partial charge in [-0.1, -0.05) is 0 Å². The molecule has 1 saturated carbocycles. The van der Waals surface area contributed by atoms with Crippen molar-refractivity contribution in [3.05, 3.63) is 49.8 Å². The van der Waals surface area contributed by atoms with Crippen molar-refractivity contribution in [2.75, 3.05) is 9.62 Å². The topological polar surface area (TPSA) is 115 Å². The lowest BCUT2D eigenvalue weighted by Crippen LogP contribution is -2.39. The summed E-state index contributed by atoms with van der Waals surface area (Å²) in [5, 5.41) is 0. The van der Waals surface area contributed by atoms with Gasteiger partial charge >= 0.3 is 6.09 Å². The lowest BCUT2D eigenvalue weighted by molar-refractivity contribution is -0.108. The molecule has 9 nitrogen and oxygen atoms in total. The van der Waals surface area contributed by atoms with Gasteiger partial charge < -0.3 is 9.53 Å². The van der Waals surface area contributed by atoms with Crippen LogP contribution in [0.5, 0.6) is 0 Å². The number of hydrogen-bond acceptors (Lipinski definition) is 6. The summed E-state index contributed by atoms with van der Waals surface area (Å²) in [6.45, 7) is 4.70. The number of carbonyl (C=O) groups is 2. The second-order valence-corrected chi connectivity index (χ2v) is 12.5. The average Bonchev–Trinajstić information content (AvgIpc) is 3.50. The minimum atomic E-state index is -4.26. The Morgan fingerprint density at radius 1 is 1.26 bits per heavy atom. The van der Waals surface area contributed by atoms with Crippen molar-refractivity contribution in [2.24, 2.45) is 7.05 Å². The molecule has 0 aliphatic heterocycles. The molecule has 2 aromatic rings. The first kappa shape index (κ1) is 27.0. The van der Waals surface area contributed by atoms with Gasteiger partial charge in [0.05, 0.1) is 16.1 Å². The van der Waals surface area contributed by atoms with Gasteiger partial charge in [-0.3, -0.25) is 14.1 Å². The van der Waals surface area contributed by atoms with Crippen molar-refractivity contribution in [3.63, 3.8) is 0 Å². The van der Waals surface area contributed by atoms with E-state index in [-0.39, 0.29) is 24.9 Å². The van der Waals surface area contributed by atoms with Gasteiger partial charge in [0.25, 0.3) is 5.56 Å². The molecule has 0 bridgehead atoms. The number of aldehydes is 1. The molecule has 3 rings (SSSR count). The molecule has 1 aromatic carbocycles. The van der Waals surface area contributed by atoms with Crippen LogP contribution in [-0.2, 0) is 26.6 Å². The third-order valence-electron chi connectivity index (χ3n) is 5.35. The molecule has 0 atom stereocenters. The Balaban J connectivity index is 2.28.